The van der Waals surface area contributed by atoms with Gasteiger partial charge in [-0.25, -0.2) is 17.2 Å². The van der Waals surface area contributed by atoms with Crippen LogP contribution in [0.5, 0.6) is 0 Å². The third kappa shape index (κ3) is 5.07. The average Bonchev–Trinajstić information content (AvgIpc) is 2.02. The van der Waals surface area contributed by atoms with Gasteiger partial charge >= 0.3 is 0 Å². The number of nitrogens with one attached hydrogen (secondary N) is 1. The molecule has 0 aliphatic carbocycles. The molecule has 0 aromatic rings. The first kappa shape index (κ1) is 14.1. The van der Waals surface area contributed by atoms with Crippen LogP contribution in [0.2, 0.25) is 0 Å². The van der Waals surface area contributed by atoms with Gasteiger partial charge in [0.25, 0.3) is 6.43 Å². The van der Waals surface area contributed by atoms with E-state index >= 15 is 0 Å². The number of halogens is 3. The Morgan fingerprint density at radius 2 is 1.79 bits per heavy atom. The van der Waals surface area contributed by atoms with E-state index in [4.69, 9.17) is 0 Å². The molecule has 0 bridgehead atoms. The molecule has 0 saturated carbocycles. The van der Waals surface area contributed by atoms with Crippen molar-refractivity contribution in [2.75, 3.05) is 18.1 Å². The number of rotatable bonds is 3. The summed E-state index contributed by atoms with van der Waals surface area (Å²) in [7, 11) is -2.88. The van der Waals surface area contributed by atoms with E-state index in [0.29, 0.717) is 12.8 Å². The Morgan fingerprint density at radius 3 is 2.21 bits per heavy atom. The summed E-state index contributed by atoms with van der Waals surface area (Å²) in [5, 5.41) is 2.64. The maximum Gasteiger partial charge on any atom is 0.250 e. The van der Waals surface area contributed by atoms with Gasteiger partial charge in [-0.05, 0) is 12.8 Å². The van der Waals surface area contributed by atoms with E-state index < -0.39 is 16.3 Å². The zero-order chi connectivity index (χ0) is 9.90. The minimum atomic E-state index is -2.88. The van der Waals surface area contributed by atoms with Crippen molar-refractivity contribution in [1.82, 2.24) is 5.32 Å². The third-order valence-corrected chi connectivity index (χ3v) is 3.83. The molecule has 3 nitrogen and oxygen atoms in total. The summed E-state index contributed by atoms with van der Waals surface area (Å²) in [4.78, 5) is 0. The SMILES string of the molecule is Cl.O=S1(=O)CCC(NCC(F)F)CC1. The molecule has 1 N–H and O–H groups in total. The van der Waals surface area contributed by atoms with Crippen molar-refractivity contribution in [1.29, 1.82) is 0 Å². The van der Waals surface area contributed by atoms with Crippen LogP contribution < -0.4 is 5.32 Å². The zero-order valence-corrected chi connectivity index (χ0v) is 9.21. The summed E-state index contributed by atoms with van der Waals surface area (Å²) in [6.45, 7) is -0.343. The van der Waals surface area contributed by atoms with Crippen molar-refractivity contribution < 1.29 is 17.2 Å². The first-order valence-electron chi connectivity index (χ1n) is 4.21. The van der Waals surface area contributed by atoms with E-state index in [-0.39, 0.29) is 36.5 Å². The molecule has 0 aromatic carbocycles. The lowest BCUT2D eigenvalue weighted by molar-refractivity contribution is 0.140. The molecule has 1 aliphatic rings. The number of hydrogen-bond acceptors (Lipinski definition) is 3. The summed E-state index contributed by atoms with van der Waals surface area (Å²) >= 11 is 0. The Labute approximate surface area is 88.6 Å². The van der Waals surface area contributed by atoms with E-state index in [9.17, 15) is 17.2 Å². The maximum absolute atomic E-state index is 11.8. The van der Waals surface area contributed by atoms with Crippen LogP contribution in [0.25, 0.3) is 0 Å². The highest BCUT2D eigenvalue weighted by Crippen LogP contribution is 2.12. The fourth-order valence-corrected chi connectivity index (χ4v) is 2.84. The van der Waals surface area contributed by atoms with Crippen LogP contribution in [-0.4, -0.2) is 38.9 Å². The molecule has 0 spiro atoms. The molecule has 0 aromatic heterocycles. The second-order valence-corrected chi connectivity index (χ2v) is 5.53. The predicted octanol–water partition coefficient (Wildman–Crippen LogP) is 0.840. The predicted molar refractivity (Wildman–Crippen MR) is 52.9 cm³/mol. The molecule has 14 heavy (non-hydrogen) atoms. The summed E-state index contributed by atoms with van der Waals surface area (Å²) < 4.78 is 45.4. The Morgan fingerprint density at radius 1 is 1.29 bits per heavy atom. The minimum absolute atomic E-state index is 0. The quantitative estimate of drug-likeness (QED) is 0.806. The molecule has 1 saturated heterocycles. The molecule has 1 heterocycles. The Kier molecular flexibility index (Phi) is 5.85. The molecule has 1 aliphatic heterocycles. The van der Waals surface area contributed by atoms with Crippen molar-refractivity contribution in [2.24, 2.45) is 0 Å². The molecule has 7 heteroatoms. The van der Waals surface area contributed by atoms with Gasteiger partial charge in [0.2, 0.25) is 0 Å². The van der Waals surface area contributed by atoms with E-state index in [0.717, 1.165) is 0 Å². The fourth-order valence-electron chi connectivity index (χ4n) is 1.35. The first-order chi connectivity index (χ1) is 5.99. The van der Waals surface area contributed by atoms with E-state index in [1.54, 1.807) is 0 Å². The molecule has 1 rings (SSSR count). The van der Waals surface area contributed by atoms with Gasteiger partial charge < -0.3 is 5.32 Å². The number of sulfone groups is 1. The normalized spacial score (nSPS) is 21.9. The lowest BCUT2D eigenvalue weighted by atomic mass is 10.1. The Bertz CT molecular complexity index is 244. The molecule has 0 amide bonds. The van der Waals surface area contributed by atoms with Crippen molar-refractivity contribution in [3.05, 3.63) is 0 Å². The van der Waals surface area contributed by atoms with E-state index in [1.165, 1.54) is 0 Å². The van der Waals surface area contributed by atoms with Crippen LogP contribution >= 0.6 is 12.4 Å². The third-order valence-electron chi connectivity index (χ3n) is 2.12. The van der Waals surface area contributed by atoms with Gasteiger partial charge in [0.1, 0.15) is 9.84 Å². The topological polar surface area (TPSA) is 46.2 Å². The second kappa shape index (κ2) is 5.82. The lowest BCUT2D eigenvalue weighted by Crippen LogP contribution is -2.39. The van der Waals surface area contributed by atoms with Crippen LogP contribution in [0.15, 0.2) is 0 Å². The smallest absolute Gasteiger partial charge is 0.250 e. The molecule has 86 valence electrons. The van der Waals surface area contributed by atoms with Gasteiger partial charge in [0.05, 0.1) is 18.1 Å². The number of alkyl halides is 2. The minimum Gasteiger partial charge on any atom is -0.309 e. The van der Waals surface area contributed by atoms with Gasteiger partial charge in [-0.1, -0.05) is 0 Å². The first-order valence-corrected chi connectivity index (χ1v) is 6.04. The molecule has 0 radical (unpaired) electrons. The standard InChI is InChI=1S/C7H13F2NO2S.ClH/c8-7(9)5-10-6-1-3-13(11,12)4-2-6;/h6-7,10H,1-5H2;1H. The number of hydrogen-bond donors (Lipinski definition) is 1. The van der Waals surface area contributed by atoms with Crippen LogP contribution in [0.4, 0.5) is 8.78 Å². The lowest BCUT2D eigenvalue weighted by Gasteiger charge is -2.22. The van der Waals surface area contributed by atoms with Crippen LogP contribution in [0, 0.1) is 0 Å². The van der Waals surface area contributed by atoms with E-state index in [2.05, 4.69) is 5.32 Å². The molecule has 1 fully saturated rings. The molecule has 0 atom stereocenters. The largest absolute Gasteiger partial charge is 0.309 e. The fraction of sp³-hybridized carbons (Fsp3) is 1.00. The summed E-state index contributed by atoms with van der Waals surface area (Å²) in [6, 6.07) is -0.0578. The summed E-state index contributed by atoms with van der Waals surface area (Å²) in [6.07, 6.45) is -1.46. The summed E-state index contributed by atoms with van der Waals surface area (Å²) in [5.41, 5.74) is 0. The maximum atomic E-state index is 11.8. The molecular formula is C7H14ClF2NO2S. The van der Waals surface area contributed by atoms with Gasteiger partial charge in [0.15, 0.2) is 0 Å². The molecule has 0 unspecified atom stereocenters. The highest BCUT2D eigenvalue weighted by Gasteiger charge is 2.23. The van der Waals surface area contributed by atoms with Gasteiger partial charge in [-0.3, -0.25) is 0 Å². The van der Waals surface area contributed by atoms with Crippen LogP contribution in [-0.2, 0) is 9.84 Å². The van der Waals surface area contributed by atoms with Gasteiger partial charge in [-0.15, -0.1) is 12.4 Å². The van der Waals surface area contributed by atoms with Gasteiger partial charge in [-0.2, -0.15) is 0 Å². The van der Waals surface area contributed by atoms with Crippen LogP contribution in [0.3, 0.4) is 0 Å². The van der Waals surface area contributed by atoms with Crippen LogP contribution in [0.1, 0.15) is 12.8 Å². The Balaban J connectivity index is 0.00000169. The Hall–Kier alpha value is 0.0600. The van der Waals surface area contributed by atoms with E-state index in [1.807, 2.05) is 0 Å². The monoisotopic (exact) mass is 249 g/mol. The van der Waals surface area contributed by atoms with Gasteiger partial charge in [0, 0.05) is 6.04 Å². The zero-order valence-electron chi connectivity index (χ0n) is 7.58. The van der Waals surface area contributed by atoms with Crippen molar-refractivity contribution in [2.45, 2.75) is 25.3 Å². The molecular weight excluding hydrogens is 236 g/mol. The highest BCUT2D eigenvalue weighted by molar-refractivity contribution is 7.91. The van der Waals surface area contributed by atoms with Crippen molar-refractivity contribution in [3.63, 3.8) is 0 Å². The summed E-state index contributed by atoms with van der Waals surface area (Å²) in [5.74, 6) is 0.238. The second-order valence-electron chi connectivity index (χ2n) is 3.23. The van der Waals surface area contributed by atoms with Crippen molar-refractivity contribution in [3.8, 4) is 0 Å². The van der Waals surface area contributed by atoms with Crippen molar-refractivity contribution >= 4 is 22.2 Å². The highest BCUT2D eigenvalue weighted by atomic mass is 35.5. The average molecular weight is 250 g/mol.